The van der Waals surface area contributed by atoms with Crippen LogP contribution in [0, 0.1) is 0 Å². The lowest BCUT2D eigenvalue weighted by atomic mass is 10.1. The van der Waals surface area contributed by atoms with Gasteiger partial charge < -0.3 is 10.4 Å². The van der Waals surface area contributed by atoms with Crippen LogP contribution < -0.4 is 5.32 Å². The smallest absolute Gasteiger partial charge is 0.335 e. The fraction of sp³-hybridized carbons (Fsp3) is 0.200. The highest BCUT2D eigenvalue weighted by molar-refractivity contribution is 9.10. The molecule has 0 saturated carbocycles. The van der Waals surface area contributed by atoms with Crippen LogP contribution in [0.3, 0.4) is 0 Å². The zero-order valence-corrected chi connectivity index (χ0v) is 16.4. The van der Waals surface area contributed by atoms with Gasteiger partial charge in [-0.1, -0.05) is 28.1 Å². The lowest BCUT2D eigenvalue weighted by molar-refractivity contribution is -0.121. The molecule has 0 aliphatic carbocycles. The van der Waals surface area contributed by atoms with E-state index in [9.17, 15) is 19.2 Å². The van der Waals surface area contributed by atoms with Crippen LogP contribution in [0.25, 0.3) is 0 Å². The summed E-state index contributed by atoms with van der Waals surface area (Å²) in [5.41, 5.74) is 1.71. The first-order valence-electron chi connectivity index (χ1n) is 8.61. The molecule has 0 bridgehead atoms. The third-order valence-electron chi connectivity index (χ3n) is 4.41. The van der Waals surface area contributed by atoms with E-state index in [0.29, 0.717) is 17.5 Å². The Kier molecular flexibility index (Phi) is 5.89. The second-order valence-electron chi connectivity index (χ2n) is 6.33. The van der Waals surface area contributed by atoms with Crippen molar-refractivity contribution in [3.63, 3.8) is 0 Å². The highest BCUT2D eigenvalue weighted by Gasteiger charge is 2.35. The zero-order valence-electron chi connectivity index (χ0n) is 14.8. The van der Waals surface area contributed by atoms with E-state index in [-0.39, 0.29) is 42.8 Å². The van der Waals surface area contributed by atoms with Crippen LogP contribution >= 0.6 is 15.9 Å². The van der Waals surface area contributed by atoms with Crippen molar-refractivity contribution in [3.05, 3.63) is 69.2 Å². The van der Waals surface area contributed by atoms with E-state index >= 15 is 0 Å². The molecule has 144 valence electrons. The summed E-state index contributed by atoms with van der Waals surface area (Å²) in [7, 11) is 0. The van der Waals surface area contributed by atoms with Gasteiger partial charge >= 0.3 is 5.97 Å². The number of carboxylic acids is 1. The Labute approximate surface area is 169 Å². The van der Waals surface area contributed by atoms with Gasteiger partial charge in [-0.3, -0.25) is 19.3 Å². The molecule has 0 aromatic heterocycles. The number of fused-ring (bicyclic) bond motifs is 1. The fourth-order valence-corrected chi connectivity index (χ4v) is 3.28. The van der Waals surface area contributed by atoms with E-state index in [1.165, 1.54) is 12.1 Å². The minimum atomic E-state index is -1.00. The number of halogens is 1. The van der Waals surface area contributed by atoms with Gasteiger partial charge in [0.25, 0.3) is 11.8 Å². The second-order valence-corrected chi connectivity index (χ2v) is 7.25. The quantitative estimate of drug-likeness (QED) is 0.638. The number of carbonyl (C=O) groups excluding carboxylic acids is 3. The van der Waals surface area contributed by atoms with Crippen molar-refractivity contribution in [1.82, 2.24) is 10.2 Å². The van der Waals surface area contributed by atoms with Gasteiger partial charge in [0.15, 0.2) is 0 Å². The molecule has 1 aliphatic rings. The lowest BCUT2D eigenvalue weighted by Crippen LogP contribution is -2.32. The molecule has 1 heterocycles. The highest BCUT2D eigenvalue weighted by atomic mass is 79.9. The molecule has 0 atom stereocenters. The predicted octanol–water partition coefficient (Wildman–Crippen LogP) is 2.84. The first-order valence-corrected chi connectivity index (χ1v) is 9.41. The topological polar surface area (TPSA) is 104 Å². The van der Waals surface area contributed by atoms with Crippen LogP contribution in [-0.4, -0.2) is 40.2 Å². The van der Waals surface area contributed by atoms with Gasteiger partial charge in [0.1, 0.15) is 0 Å². The number of nitrogens with zero attached hydrogens (tertiary/aromatic N) is 1. The number of aromatic carboxylic acids is 1. The lowest BCUT2D eigenvalue weighted by Gasteiger charge is -2.13. The maximum absolute atomic E-state index is 12.4. The number of imide groups is 1. The number of nitrogens with one attached hydrogen (secondary N) is 1. The first-order chi connectivity index (χ1) is 13.4. The van der Waals surface area contributed by atoms with E-state index in [0.717, 1.165) is 14.9 Å². The highest BCUT2D eigenvalue weighted by Crippen LogP contribution is 2.26. The van der Waals surface area contributed by atoms with Gasteiger partial charge in [-0.15, -0.1) is 0 Å². The van der Waals surface area contributed by atoms with E-state index in [1.54, 1.807) is 30.3 Å². The summed E-state index contributed by atoms with van der Waals surface area (Å²) in [6, 6.07) is 11.2. The minimum Gasteiger partial charge on any atom is -0.478 e. The van der Waals surface area contributed by atoms with Gasteiger partial charge in [-0.2, -0.15) is 0 Å². The average molecular weight is 445 g/mol. The van der Waals surface area contributed by atoms with E-state index < -0.39 is 5.97 Å². The van der Waals surface area contributed by atoms with E-state index in [2.05, 4.69) is 21.2 Å². The Morgan fingerprint density at radius 2 is 1.68 bits per heavy atom. The summed E-state index contributed by atoms with van der Waals surface area (Å²) in [5.74, 6) is -1.90. The molecular formula is C20H17BrN2O5. The van der Waals surface area contributed by atoms with Crippen LogP contribution in [-0.2, 0) is 11.3 Å². The maximum Gasteiger partial charge on any atom is 0.335 e. The zero-order chi connectivity index (χ0) is 20.3. The summed E-state index contributed by atoms with van der Waals surface area (Å²) in [6.45, 7) is 0.449. The Balaban J connectivity index is 1.46. The average Bonchev–Trinajstić information content (AvgIpc) is 2.91. The van der Waals surface area contributed by atoms with Crippen LogP contribution in [0.15, 0.2) is 46.9 Å². The molecule has 1 aliphatic heterocycles. The number of benzene rings is 2. The molecule has 0 saturated heterocycles. The molecule has 3 rings (SSSR count). The largest absolute Gasteiger partial charge is 0.478 e. The Bertz CT molecular complexity index is 956. The van der Waals surface area contributed by atoms with Crippen LogP contribution in [0.5, 0.6) is 0 Å². The molecule has 2 N–H and O–H groups in total. The Hall–Kier alpha value is -3.00. The normalized spacial score (nSPS) is 12.8. The third-order valence-corrected chi connectivity index (χ3v) is 4.90. The fourth-order valence-electron chi connectivity index (χ4n) is 2.92. The summed E-state index contributed by atoms with van der Waals surface area (Å²) in [5, 5.41) is 11.6. The SMILES string of the molecule is O=C(CCCN1C(=O)c2ccc(Br)cc2C1=O)NCc1ccc(C(=O)O)cc1. The van der Waals surface area contributed by atoms with Gasteiger partial charge in [0, 0.05) is 24.0 Å². The van der Waals surface area contributed by atoms with E-state index in [1.807, 2.05) is 0 Å². The number of amides is 3. The van der Waals surface area contributed by atoms with Crippen molar-refractivity contribution in [2.24, 2.45) is 0 Å². The Morgan fingerprint density at radius 3 is 2.36 bits per heavy atom. The van der Waals surface area contributed by atoms with Crippen molar-refractivity contribution in [3.8, 4) is 0 Å². The number of hydrogen-bond donors (Lipinski definition) is 2. The number of rotatable bonds is 7. The number of hydrogen-bond acceptors (Lipinski definition) is 4. The van der Waals surface area contributed by atoms with Crippen molar-refractivity contribution in [2.75, 3.05) is 6.54 Å². The monoisotopic (exact) mass is 444 g/mol. The van der Waals surface area contributed by atoms with E-state index in [4.69, 9.17) is 5.11 Å². The number of carbonyl (C=O) groups is 4. The predicted molar refractivity (Wildman–Crippen MR) is 104 cm³/mol. The molecule has 8 heteroatoms. The molecule has 0 fully saturated rings. The molecule has 2 aromatic carbocycles. The summed E-state index contributed by atoms with van der Waals surface area (Å²) in [6.07, 6.45) is 0.529. The van der Waals surface area contributed by atoms with Gasteiger partial charge in [-0.05, 0) is 42.3 Å². The van der Waals surface area contributed by atoms with Gasteiger partial charge in [0.2, 0.25) is 5.91 Å². The third kappa shape index (κ3) is 4.28. The molecule has 0 unspecified atom stereocenters. The summed E-state index contributed by atoms with van der Waals surface area (Å²) < 4.78 is 0.727. The second kappa shape index (κ2) is 8.35. The molecule has 3 amide bonds. The number of carboxylic acid groups (broad SMARTS) is 1. The van der Waals surface area contributed by atoms with Crippen LogP contribution in [0.4, 0.5) is 0 Å². The molecule has 2 aromatic rings. The first kappa shape index (κ1) is 19.8. The van der Waals surface area contributed by atoms with Crippen molar-refractivity contribution in [2.45, 2.75) is 19.4 Å². The Morgan fingerprint density at radius 1 is 1.00 bits per heavy atom. The molecular weight excluding hydrogens is 428 g/mol. The maximum atomic E-state index is 12.4. The van der Waals surface area contributed by atoms with Gasteiger partial charge in [0.05, 0.1) is 16.7 Å². The van der Waals surface area contributed by atoms with Crippen LogP contribution in [0.2, 0.25) is 0 Å². The molecule has 28 heavy (non-hydrogen) atoms. The molecule has 0 radical (unpaired) electrons. The van der Waals surface area contributed by atoms with Crippen molar-refractivity contribution >= 4 is 39.6 Å². The minimum absolute atomic E-state index is 0.171. The summed E-state index contributed by atoms with van der Waals surface area (Å²) in [4.78, 5) is 48.7. The van der Waals surface area contributed by atoms with Gasteiger partial charge in [-0.25, -0.2) is 4.79 Å². The van der Waals surface area contributed by atoms with Crippen LogP contribution in [0.1, 0.15) is 49.5 Å². The molecule has 0 spiro atoms. The standard InChI is InChI=1S/C20H17BrN2O5/c21-14-7-8-15-16(10-14)19(26)23(18(15)25)9-1-2-17(24)22-11-12-3-5-13(6-4-12)20(27)28/h3-8,10H,1-2,9,11H2,(H,22,24)(H,27,28). The molecule has 7 nitrogen and oxygen atoms in total. The summed E-state index contributed by atoms with van der Waals surface area (Å²) >= 11 is 3.29. The van der Waals surface area contributed by atoms with Crippen molar-refractivity contribution < 1.29 is 24.3 Å². The van der Waals surface area contributed by atoms with Crippen molar-refractivity contribution in [1.29, 1.82) is 0 Å².